The lowest BCUT2D eigenvalue weighted by molar-refractivity contribution is -0.384. The Kier molecular flexibility index (Phi) is 2.86. The van der Waals surface area contributed by atoms with Gasteiger partial charge in [-0.25, -0.2) is 4.68 Å². The molecular weight excluding hydrogens is 310 g/mol. The topological polar surface area (TPSA) is 120 Å². The van der Waals surface area contributed by atoms with Crippen molar-refractivity contribution >= 4 is 33.3 Å². The van der Waals surface area contributed by atoms with E-state index in [1.807, 2.05) is 18.2 Å². The Morgan fingerprint density at radius 2 is 1.96 bits per heavy atom. The largest absolute Gasteiger partial charge is 0.383 e. The van der Waals surface area contributed by atoms with Gasteiger partial charge in [-0.2, -0.15) is 5.10 Å². The average molecular weight is 321 g/mol. The fourth-order valence-electron chi connectivity index (χ4n) is 2.76. The first-order valence-electron chi connectivity index (χ1n) is 7.10. The number of anilines is 1. The van der Waals surface area contributed by atoms with Gasteiger partial charge >= 0.3 is 0 Å². The van der Waals surface area contributed by atoms with Crippen LogP contribution >= 0.6 is 0 Å². The van der Waals surface area contributed by atoms with Crippen LogP contribution < -0.4 is 11.3 Å². The Hall–Kier alpha value is -3.68. The third-order valence-corrected chi connectivity index (χ3v) is 3.86. The summed E-state index contributed by atoms with van der Waals surface area (Å²) < 4.78 is 1.35. The van der Waals surface area contributed by atoms with E-state index in [0.29, 0.717) is 16.7 Å². The van der Waals surface area contributed by atoms with E-state index in [-0.39, 0.29) is 22.5 Å². The highest BCUT2D eigenvalue weighted by Gasteiger charge is 2.17. The molecule has 0 atom stereocenters. The van der Waals surface area contributed by atoms with Crippen LogP contribution in [0.2, 0.25) is 0 Å². The first kappa shape index (κ1) is 13.9. The highest BCUT2D eigenvalue weighted by Crippen LogP contribution is 2.27. The van der Waals surface area contributed by atoms with Gasteiger partial charge in [0.2, 0.25) is 0 Å². The second kappa shape index (κ2) is 4.92. The summed E-state index contributed by atoms with van der Waals surface area (Å²) in [7, 11) is 0. The van der Waals surface area contributed by atoms with Crippen molar-refractivity contribution in [1.29, 1.82) is 0 Å². The van der Waals surface area contributed by atoms with Crippen LogP contribution in [0.3, 0.4) is 0 Å². The number of aromatic amines is 1. The van der Waals surface area contributed by atoms with Crippen LogP contribution in [0.4, 0.5) is 11.5 Å². The van der Waals surface area contributed by atoms with Gasteiger partial charge in [-0.1, -0.05) is 24.3 Å². The fraction of sp³-hybridized carbons (Fsp3) is 0. The lowest BCUT2D eigenvalue weighted by Crippen LogP contribution is -2.08. The number of non-ortho nitro benzene ring substituents is 1. The zero-order chi connectivity index (χ0) is 16.8. The van der Waals surface area contributed by atoms with Gasteiger partial charge in [-0.3, -0.25) is 14.9 Å². The number of nitro benzene ring substituents is 1. The third kappa shape index (κ3) is 1.93. The van der Waals surface area contributed by atoms with E-state index in [0.717, 1.165) is 5.39 Å². The highest BCUT2D eigenvalue weighted by atomic mass is 16.6. The van der Waals surface area contributed by atoms with Crippen LogP contribution in [0.5, 0.6) is 0 Å². The van der Waals surface area contributed by atoms with E-state index >= 15 is 0 Å². The number of pyridine rings is 1. The zero-order valence-corrected chi connectivity index (χ0v) is 12.3. The SMILES string of the molecule is Nc1c2c(=O)[nH]c3ccccc3c2nn1-c1cccc([N+](=O)[O-])c1. The maximum absolute atomic E-state index is 12.3. The summed E-state index contributed by atoms with van der Waals surface area (Å²) in [4.78, 5) is 25.6. The van der Waals surface area contributed by atoms with Crippen LogP contribution in [0, 0.1) is 10.1 Å². The van der Waals surface area contributed by atoms with Gasteiger partial charge in [0.15, 0.2) is 0 Å². The molecule has 8 nitrogen and oxygen atoms in total. The standard InChI is InChI=1S/C16H11N5O3/c17-15-13-14(11-6-1-2-7-12(11)18-16(13)22)19-20(15)9-4-3-5-10(8-9)21(23)24/h1-8H,17H2,(H,18,22). The molecular formula is C16H11N5O3. The molecule has 2 aromatic carbocycles. The van der Waals surface area contributed by atoms with Crippen molar-refractivity contribution in [3.63, 3.8) is 0 Å². The number of nitrogen functional groups attached to an aromatic ring is 1. The normalized spacial score (nSPS) is 11.2. The molecule has 118 valence electrons. The van der Waals surface area contributed by atoms with Crippen LogP contribution in [0.15, 0.2) is 53.3 Å². The molecule has 0 saturated carbocycles. The molecule has 0 unspecified atom stereocenters. The number of fused-ring (bicyclic) bond motifs is 3. The third-order valence-electron chi connectivity index (χ3n) is 3.86. The smallest absolute Gasteiger partial charge is 0.271 e. The number of nitrogens with one attached hydrogen (secondary N) is 1. The zero-order valence-electron chi connectivity index (χ0n) is 12.3. The van der Waals surface area contributed by atoms with Crippen molar-refractivity contribution in [2.45, 2.75) is 0 Å². The van der Waals surface area contributed by atoms with Gasteiger partial charge in [0.1, 0.15) is 16.7 Å². The lowest BCUT2D eigenvalue weighted by atomic mass is 10.1. The molecule has 0 bridgehead atoms. The number of hydrogen-bond acceptors (Lipinski definition) is 5. The Morgan fingerprint density at radius 3 is 2.75 bits per heavy atom. The van der Waals surface area contributed by atoms with E-state index in [2.05, 4.69) is 10.1 Å². The molecule has 0 amide bonds. The predicted molar refractivity (Wildman–Crippen MR) is 90.3 cm³/mol. The maximum Gasteiger partial charge on any atom is 0.271 e. The number of H-pyrrole nitrogens is 1. The Bertz CT molecular complexity index is 1180. The van der Waals surface area contributed by atoms with Gasteiger partial charge in [0, 0.05) is 17.5 Å². The molecule has 3 N–H and O–H groups in total. The minimum Gasteiger partial charge on any atom is -0.383 e. The highest BCUT2D eigenvalue weighted by molar-refractivity contribution is 6.06. The molecule has 0 spiro atoms. The summed E-state index contributed by atoms with van der Waals surface area (Å²) in [6.07, 6.45) is 0. The number of nitrogens with zero attached hydrogens (tertiary/aromatic N) is 3. The first-order valence-corrected chi connectivity index (χ1v) is 7.10. The molecule has 0 aliphatic heterocycles. The molecule has 8 heteroatoms. The molecule has 4 aromatic rings. The second-order valence-corrected chi connectivity index (χ2v) is 5.30. The van der Waals surface area contributed by atoms with E-state index in [4.69, 9.17) is 5.73 Å². The number of nitrogens with two attached hydrogens (primary N) is 1. The summed E-state index contributed by atoms with van der Waals surface area (Å²) in [5.41, 5.74) is 7.20. The van der Waals surface area contributed by atoms with Crippen molar-refractivity contribution < 1.29 is 4.92 Å². The lowest BCUT2D eigenvalue weighted by Gasteiger charge is -2.03. The molecule has 4 rings (SSSR count). The molecule has 0 saturated heterocycles. The molecule has 0 aliphatic carbocycles. The van der Waals surface area contributed by atoms with Gasteiger partial charge in [-0.15, -0.1) is 0 Å². The van der Waals surface area contributed by atoms with Crippen molar-refractivity contribution in [3.05, 3.63) is 69.0 Å². The van der Waals surface area contributed by atoms with Crippen LogP contribution in [-0.2, 0) is 0 Å². The maximum atomic E-state index is 12.3. The van der Waals surface area contributed by atoms with E-state index in [1.54, 1.807) is 18.2 Å². The Balaban J connectivity index is 2.08. The summed E-state index contributed by atoms with van der Waals surface area (Å²) in [5, 5.41) is 16.4. The summed E-state index contributed by atoms with van der Waals surface area (Å²) in [6.45, 7) is 0. The molecule has 0 radical (unpaired) electrons. The summed E-state index contributed by atoms with van der Waals surface area (Å²) in [6, 6.07) is 13.2. The number of rotatable bonds is 2. The fourth-order valence-corrected chi connectivity index (χ4v) is 2.76. The van der Waals surface area contributed by atoms with E-state index < -0.39 is 4.92 Å². The number of hydrogen-bond donors (Lipinski definition) is 2. The number of nitro groups is 1. The number of aromatic nitrogens is 3. The van der Waals surface area contributed by atoms with Crippen molar-refractivity contribution in [2.75, 3.05) is 5.73 Å². The first-order chi connectivity index (χ1) is 11.6. The van der Waals surface area contributed by atoms with Gasteiger partial charge in [0.05, 0.1) is 16.1 Å². The molecule has 0 fully saturated rings. The Morgan fingerprint density at radius 1 is 1.17 bits per heavy atom. The van der Waals surface area contributed by atoms with Crippen molar-refractivity contribution in [2.24, 2.45) is 0 Å². The van der Waals surface area contributed by atoms with E-state index in [9.17, 15) is 14.9 Å². The van der Waals surface area contributed by atoms with E-state index in [1.165, 1.54) is 16.8 Å². The average Bonchev–Trinajstić information content (AvgIpc) is 2.93. The van der Waals surface area contributed by atoms with Gasteiger partial charge in [0.25, 0.3) is 11.2 Å². The minimum absolute atomic E-state index is 0.0785. The minimum atomic E-state index is -0.495. The van der Waals surface area contributed by atoms with Crippen molar-refractivity contribution in [3.8, 4) is 5.69 Å². The molecule has 24 heavy (non-hydrogen) atoms. The molecule has 2 aromatic heterocycles. The second-order valence-electron chi connectivity index (χ2n) is 5.30. The monoisotopic (exact) mass is 321 g/mol. The van der Waals surface area contributed by atoms with Crippen LogP contribution in [0.1, 0.15) is 0 Å². The number of benzene rings is 2. The molecule has 0 aliphatic rings. The number of para-hydroxylation sites is 1. The summed E-state index contributed by atoms with van der Waals surface area (Å²) in [5.74, 6) is 0.137. The van der Waals surface area contributed by atoms with Gasteiger partial charge < -0.3 is 10.7 Å². The Labute approximate surface area is 134 Å². The molecule has 2 heterocycles. The quantitative estimate of drug-likeness (QED) is 0.434. The summed E-state index contributed by atoms with van der Waals surface area (Å²) >= 11 is 0. The predicted octanol–water partition coefficient (Wildman–Crippen LogP) is 2.36. The van der Waals surface area contributed by atoms with Crippen molar-refractivity contribution in [1.82, 2.24) is 14.8 Å². The van der Waals surface area contributed by atoms with Crippen LogP contribution in [0.25, 0.3) is 27.5 Å². The van der Waals surface area contributed by atoms with Gasteiger partial charge in [-0.05, 0) is 12.1 Å². The van der Waals surface area contributed by atoms with Crippen LogP contribution in [-0.4, -0.2) is 19.7 Å².